The fourth-order valence-electron chi connectivity index (χ4n) is 2.48. The Morgan fingerprint density at radius 1 is 1.04 bits per heavy atom. The number of aryl methyl sites for hydroxylation is 2. The number of halogens is 1. The van der Waals surface area contributed by atoms with Crippen LogP contribution in [0.2, 0.25) is 0 Å². The second-order valence-corrected chi connectivity index (χ2v) is 6.92. The molecule has 2 aromatic carbocycles. The van der Waals surface area contributed by atoms with Crippen molar-refractivity contribution < 1.29 is 19.1 Å². The molecule has 0 unspecified atom stereocenters. The SMILES string of the molecule is CCCOc1ccccc1C(=O)NNC(=O)COc1c(C)cc(Br)cc1C. The molecule has 27 heavy (non-hydrogen) atoms. The lowest BCUT2D eigenvalue weighted by molar-refractivity contribution is -0.123. The Balaban J connectivity index is 1.90. The van der Waals surface area contributed by atoms with Gasteiger partial charge in [0.1, 0.15) is 11.5 Å². The minimum Gasteiger partial charge on any atom is -0.493 e. The van der Waals surface area contributed by atoms with Crippen LogP contribution in [0.25, 0.3) is 0 Å². The summed E-state index contributed by atoms with van der Waals surface area (Å²) in [5.41, 5.74) is 6.93. The van der Waals surface area contributed by atoms with Crippen molar-refractivity contribution in [3.63, 3.8) is 0 Å². The quantitative estimate of drug-likeness (QED) is 0.651. The zero-order valence-electron chi connectivity index (χ0n) is 15.6. The van der Waals surface area contributed by atoms with E-state index in [1.54, 1.807) is 24.3 Å². The van der Waals surface area contributed by atoms with Crippen LogP contribution in [0.15, 0.2) is 40.9 Å². The average molecular weight is 435 g/mol. The van der Waals surface area contributed by atoms with Crippen LogP contribution in [0.1, 0.15) is 34.8 Å². The van der Waals surface area contributed by atoms with Crippen LogP contribution in [0, 0.1) is 13.8 Å². The maximum Gasteiger partial charge on any atom is 0.276 e. The fourth-order valence-corrected chi connectivity index (χ4v) is 3.17. The summed E-state index contributed by atoms with van der Waals surface area (Å²) in [7, 11) is 0. The molecule has 0 aromatic heterocycles. The van der Waals surface area contributed by atoms with Crippen LogP contribution in [0.4, 0.5) is 0 Å². The van der Waals surface area contributed by atoms with Gasteiger partial charge in [0, 0.05) is 4.47 Å². The Morgan fingerprint density at radius 2 is 1.70 bits per heavy atom. The molecule has 144 valence electrons. The van der Waals surface area contributed by atoms with Crippen LogP contribution < -0.4 is 20.3 Å². The summed E-state index contributed by atoms with van der Waals surface area (Å²) < 4.78 is 12.1. The van der Waals surface area contributed by atoms with Gasteiger partial charge in [-0.05, 0) is 55.7 Å². The number of carbonyl (C=O) groups excluding carboxylic acids is 2. The number of rotatable bonds is 7. The van der Waals surface area contributed by atoms with Crippen LogP contribution in [0.5, 0.6) is 11.5 Å². The first kappa shape index (κ1) is 20.8. The maximum absolute atomic E-state index is 12.3. The summed E-state index contributed by atoms with van der Waals surface area (Å²) >= 11 is 3.42. The third-order valence-corrected chi connectivity index (χ3v) is 4.14. The van der Waals surface area contributed by atoms with Gasteiger partial charge in [-0.25, -0.2) is 0 Å². The summed E-state index contributed by atoms with van der Waals surface area (Å²) in [6.07, 6.45) is 0.832. The Bertz CT molecular complexity index is 800. The van der Waals surface area contributed by atoms with E-state index in [4.69, 9.17) is 9.47 Å². The Kier molecular flexibility index (Phi) is 7.67. The highest BCUT2D eigenvalue weighted by Crippen LogP contribution is 2.27. The minimum atomic E-state index is -0.461. The third kappa shape index (κ3) is 5.99. The average Bonchev–Trinajstić information content (AvgIpc) is 2.63. The molecule has 2 N–H and O–H groups in total. The Morgan fingerprint density at radius 3 is 2.37 bits per heavy atom. The number of ether oxygens (including phenoxy) is 2. The van der Waals surface area contributed by atoms with Crippen LogP contribution in [0.3, 0.4) is 0 Å². The lowest BCUT2D eigenvalue weighted by atomic mass is 10.1. The number of hydrogen-bond acceptors (Lipinski definition) is 4. The number of carbonyl (C=O) groups is 2. The van der Waals surface area contributed by atoms with Crippen LogP contribution >= 0.6 is 15.9 Å². The van der Waals surface area contributed by atoms with E-state index in [0.29, 0.717) is 23.7 Å². The molecule has 0 aliphatic carbocycles. The van der Waals surface area contributed by atoms with Gasteiger partial charge in [-0.1, -0.05) is 35.0 Å². The second kappa shape index (κ2) is 9.97. The molecule has 0 bridgehead atoms. The number of para-hydroxylation sites is 1. The summed E-state index contributed by atoms with van der Waals surface area (Å²) in [6.45, 7) is 6.09. The number of hydrazine groups is 1. The highest BCUT2D eigenvalue weighted by Gasteiger charge is 2.14. The number of amides is 2. The van der Waals surface area contributed by atoms with Crippen molar-refractivity contribution in [1.29, 1.82) is 0 Å². The van der Waals surface area contributed by atoms with Crippen LogP contribution in [-0.2, 0) is 4.79 Å². The molecular formula is C20H23BrN2O4. The maximum atomic E-state index is 12.3. The van der Waals surface area contributed by atoms with E-state index in [-0.39, 0.29) is 6.61 Å². The van der Waals surface area contributed by atoms with Gasteiger partial charge >= 0.3 is 0 Å². The van der Waals surface area contributed by atoms with Crippen molar-refractivity contribution >= 4 is 27.7 Å². The van der Waals surface area contributed by atoms with Gasteiger partial charge in [-0.15, -0.1) is 0 Å². The van der Waals surface area contributed by atoms with Gasteiger partial charge in [0.15, 0.2) is 6.61 Å². The smallest absolute Gasteiger partial charge is 0.276 e. The standard InChI is InChI=1S/C20H23BrN2O4/c1-4-9-26-17-8-6-5-7-16(17)20(25)23-22-18(24)12-27-19-13(2)10-15(21)11-14(19)3/h5-8,10-11H,4,9,12H2,1-3H3,(H,22,24)(H,23,25). The van der Waals surface area contributed by atoms with E-state index in [2.05, 4.69) is 26.8 Å². The first-order chi connectivity index (χ1) is 12.9. The molecule has 0 atom stereocenters. The highest BCUT2D eigenvalue weighted by molar-refractivity contribution is 9.10. The molecule has 2 aromatic rings. The summed E-state index contributed by atoms with van der Waals surface area (Å²) in [6, 6.07) is 10.7. The summed E-state index contributed by atoms with van der Waals surface area (Å²) in [5, 5.41) is 0. The van der Waals surface area contributed by atoms with Gasteiger partial charge in [-0.3, -0.25) is 20.4 Å². The van der Waals surface area contributed by atoms with E-state index in [1.165, 1.54) is 0 Å². The molecule has 2 amide bonds. The topological polar surface area (TPSA) is 76.7 Å². The first-order valence-corrected chi connectivity index (χ1v) is 9.42. The Hall–Kier alpha value is -2.54. The van der Waals surface area contributed by atoms with Crippen LogP contribution in [-0.4, -0.2) is 25.0 Å². The van der Waals surface area contributed by atoms with E-state index in [1.807, 2.05) is 32.9 Å². The minimum absolute atomic E-state index is 0.211. The van der Waals surface area contributed by atoms with E-state index < -0.39 is 11.8 Å². The zero-order chi connectivity index (χ0) is 19.8. The largest absolute Gasteiger partial charge is 0.493 e. The monoisotopic (exact) mass is 434 g/mol. The zero-order valence-corrected chi connectivity index (χ0v) is 17.2. The van der Waals surface area contributed by atoms with E-state index in [9.17, 15) is 9.59 Å². The third-order valence-electron chi connectivity index (χ3n) is 3.68. The normalized spacial score (nSPS) is 10.2. The molecule has 7 heteroatoms. The van der Waals surface area contributed by atoms with Crippen molar-refractivity contribution in [1.82, 2.24) is 10.9 Å². The van der Waals surface area contributed by atoms with Crippen molar-refractivity contribution in [2.75, 3.05) is 13.2 Å². The van der Waals surface area contributed by atoms with Gasteiger partial charge in [0.2, 0.25) is 0 Å². The summed E-state index contributed by atoms with van der Waals surface area (Å²) in [4.78, 5) is 24.3. The van der Waals surface area contributed by atoms with Crippen molar-refractivity contribution in [2.24, 2.45) is 0 Å². The van der Waals surface area contributed by atoms with E-state index in [0.717, 1.165) is 22.0 Å². The van der Waals surface area contributed by atoms with Gasteiger partial charge in [0.05, 0.1) is 12.2 Å². The summed E-state index contributed by atoms with van der Waals surface area (Å²) in [5.74, 6) is 0.213. The van der Waals surface area contributed by atoms with E-state index >= 15 is 0 Å². The predicted octanol–water partition coefficient (Wildman–Crippen LogP) is 3.69. The first-order valence-electron chi connectivity index (χ1n) is 8.63. The second-order valence-electron chi connectivity index (χ2n) is 6.00. The highest BCUT2D eigenvalue weighted by atomic mass is 79.9. The lowest BCUT2D eigenvalue weighted by Gasteiger charge is -2.14. The molecule has 0 heterocycles. The molecule has 0 fully saturated rings. The number of hydrogen-bond donors (Lipinski definition) is 2. The predicted molar refractivity (Wildman–Crippen MR) is 107 cm³/mol. The molecule has 6 nitrogen and oxygen atoms in total. The molecule has 0 saturated heterocycles. The Labute approximate surface area is 167 Å². The molecule has 2 rings (SSSR count). The molecule has 0 spiro atoms. The fraction of sp³-hybridized carbons (Fsp3) is 0.300. The molecule has 0 aliphatic heterocycles. The van der Waals surface area contributed by atoms with Crippen molar-refractivity contribution in [3.05, 3.63) is 57.6 Å². The number of benzene rings is 2. The molecular weight excluding hydrogens is 412 g/mol. The molecule has 0 saturated carbocycles. The lowest BCUT2D eigenvalue weighted by Crippen LogP contribution is -2.44. The van der Waals surface area contributed by atoms with Gasteiger partial charge in [0.25, 0.3) is 11.8 Å². The molecule has 0 radical (unpaired) electrons. The van der Waals surface area contributed by atoms with Crippen molar-refractivity contribution in [2.45, 2.75) is 27.2 Å². The number of nitrogens with one attached hydrogen (secondary N) is 2. The van der Waals surface area contributed by atoms with Gasteiger partial charge < -0.3 is 9.47 Å². The van der Waals surface area contributed by atoms with Gasteiger partial charge in [-0.2, -0.15) is 0 Å². The van der Waals surface area contributed by atoms with Crippen molar-refractivity contribution in [3.8, 4) is 11.5 Å². The molecule has 0 aliphatic rings.